The number of unbranched alkanes of at least 4 members (excludes halogenated alkanes) is 4. The van der Waals surface area contributed by atoms with E-state index in [1.54, 1.807) is 31.3 Å². The van der Waals surface area contributed by atoms with Crippen molar-refractivity contribution in [1.29, 1.82) is 0 Å². The van der Waals surface area contributed by atoms with Gasteiger partial charge in [-0.1, -0.05) is 32.6 Å². The Morgan fingerprint density at radius 1 is 1.06 bits per heavy atom. The Balaban J connectivity index is 1.91. The van der Waals surface area contributed by atoms with E-state index in [0.717, 1.165) is 24.1 Å². The zero-order valence-corrected chi connectivity index (χ0v) is 19.2. The van der Waals surface area contributed by atoms with Crippen molar-refractivity contribution in [2.24, 2.45) is 0 Å². The molecule has 0 fully saturated rings. The molecule has 0 bridgehead atoms. The highest BCUT2D eigenvalue weighted by Gasteiger charge is 2.18. The maximum Gasteiger partial charge on any atom is 0.333 e. The summed E-state index contributed by atoms with van der Waals surface area (Å²) in [4.78, 5) is 33.9. The lowest BCUT2D eigenvalue weighted by Crippen LogP contribution is -2.37. The van der Waals surface area contributed by atoms with Crippen LogP contribution in [0.15, 0.2) is 36.7 Å². The van der Waals surface area contributed by atoms with Gasteiger partial charge in [0.25, 0.3) is 0 Å². The van der Waals surface area contributed by atoms with E-state index in [9.17, 15) is 14.7 Å². The summed E-state index contributed by atoms with van der Waals surface area (Å²) in [6, 6.07) is 7.29. The summed E-state index contributed by atoms with van der Waals surface area (Å²) in [6.07, 6.45) is 8.31. The highest BCUT2D eigenvalue weighted by atomic mass is 16.5. The third-order valence-corrected chi connectivity index (χ3v) is 5.14. The molecule has 0 spiro atoms. The van der Waals surface area contributed by atoms with Gasteiger partial charge in [0.2, 0.25) is 0 Å². The number of ether oxygens (including phenoxy) is 1. The third kappa shape index (κ3) is 7.92. The second-order valence-electron chi connectivity index (χ2n) is 7.65. The number of hydrogen-bond donors (Lipinski definition) is 2. The van der Waals surface area contributed by atoms with Gasteiger partial charge in [0.1, 0.15) is 0 Å². The molecule has 8 nitrogen and oxygen atoms in total. The van der Waals surface area contributed by atoms with Crippen LogP contribution in [-0.4, -0.2) is 53.4 Å². The Labute approximate surface area is 190 Å². The number of rotatable bonds is 13. The van der Waals surface area contributed by atoms with Crippen LogP contribution in [0.5, 0.6) is 0 Å². The summed E-state index contributed by atoms with van der Waals surface area (Å²) in [7, 11) is 1.74. The molecule has 1 aromatic heterocycles. The van der Waals surface area contributed by atoms with Crippen LogP contribution in [0, 0.1) is 0 Å². The minimum Gasteiger partial charge on any atom is -0.479 e. The molecular weight excluding hydrogens is 408 g/mol. The molecule has 2 aromatic rings. The topological polar surface area (TPSA) is 105 Å². The molecule has 1 heterocycles. The Morgan fingerprint density at radius 3 is 2.31 bits per heavy atom. The Morgan fingerprint density at radius 2 is 1.72 bits per heavy atom. The van der Waals surface area contributed by atoms with Crippen molar-refractivity contribution >= 4 is 17.7 Å². The molecule has 1 atom stereocenters. The number of nitrogens with one attached hydrogen (secondary N) is 1. The van der Waals surface area contributed by atoms with Crippen molar-refractivity contribution in [1.82, 2.24) is 15.3 Å². The molecule has 2 amide bonds. The van der Waals surface area contributed by atoms with Gasteiger partial charge >= 0.3 is 12.0 Å². The number of anilines is 1. The first kappa shape index (κ1) is 25.3. The van der Waals surface area contributed by atoms with Crippen molar-refractivity contribution in [3.63, 3.8) is 0 Å². The van der Waals surface area contributed by atoms with Crippen LogP contribution in [0.1, 0.15) is 51.5 Å². The van der Waals surface area contributed by atoms with E-state index in [1.807, 2.05) is 24.3 Å². The predicted octanol–water partition coefficient (Wildman–Crippen LogP) is 4.29. The summed E-state index contributed by atoms with van der Waals surface area (Å²) >= 11 is 0. The number of amides is 2. The number of aliphatic carboxylic acids is 1. The fraction of sp³-hybridized carbons (Fsp3) is 0.500. The number of hydrogen-bond acceptors (Lipinski definition) is 5. The summed E-state index contributed by atoms with van der Waals surface area (Å²) < 4.78 is 5.23. The van der Waals surface area contributed by atoms with Crippen LogP contribution in [0.4, 0.5) is 10.5 Å². The van der Waals surface area contributed by atoms with E-state index in [-0.39, 0.29) is 12.5 Å². The Kier molecular flexibility index (Phi) is 10.6. The molecule has 2 N–H and O–H groups in total. The molecule has 0 saturated heterocycles. The molecule has 1 unspecified atom stereocenters. The van der Waals surface area contributed by atoms with E-state index in [0.29, 0.717) is 24.5 Å². The standard InChI is InChI=1S/C24H34N4O4/c1-4-6-7-8-9-14-25-24(31)28(3)20-12-10-19(11-13-20)22-26-16-18(17-27-22)15-21(23(29)30)32-5-2/h10-13,16-17,21H,4-9,14-15H2,1-3H3,(H,25,31)(H,29,30). The van der Waals surface area contributed by atoms with Gasteiger partial charge in [-0.2, -0.15) is 0 Å². The van der Waals surface area contributed by atoms with Crippen LogP contribution in [0.3, 0.4) is 0 Å². The van der Waals surface area contributed by atoms with Gasteiger partial charge in [-0.05, 0) is 43.2 Å². The van der Waals surface area contributed by atoms with Gasteiger partial charge in [-0.3, -0.25) is 4.90 Å². The molecule has 0 aliphatic heterocycles. The quantitative estimate of drug-likeness (QED) is 0.448. The van der Waals surface area contributed by atoms with Crippen molar-refractivity contribution < 1.29 is 19.4 Å². The fourth-order valence-electron chi connectivity index (χ4n) is 3.24. The van der Waals surface area contributed by atoms with E-state index >= 15 is 0 Å². The van der Waals surface area contributed by atoms with E-state index < -0.39 is 12.1 Å². The summed E-state index contributed by atoms with van der Waals surface area (Å²) in [5, 5.41) is 12.2. The summed E-state index contributed by atoms with van der Waals surface area (Å²) in [5.41, 5.74) is 2.27. The maximum absolute atomic E-state index is 12.3. The Hall–Kier alpha value is -3.00. The van der Waals surface area contributed by atoms with Crippen molar-refractivity contribution in [2.45, 2.75) is 58.5 Å². The minimum atomic E-state index is -1.00. The largest absolute Gasteiger partial charge is 0.479 e. The van der Waals surface area contributed by atoms with Crippen LogP contribution in [0.2, 0.25) is 0 Å². The van der Waals surface area contributed by atoms with E-state index in [2.05, 4.69) is 22.2 Å². The lowest BCUT2D eigenvalue weighted by atomic mass is 10.1. The lowest BCUT2D eigenvalue weighted by molar-refractivity contribution is -0.149. The number of carboxylic acid groups (broad SMARTS) is 1. The van der Waals surface area contributed by atoms with Gasteiger partial charge in [-0.15, -0.1) is 0 Å². The normalized spacial score (nSPS) is 11.7. The van der Waals surface area contributed by atoms with E-state index in [1.165, 1.54) is 19.3 Å². The molecule has 8 heteroatoms. The summed E-state index contributed by atoms with van der Waals surface area (Å²) in [5.74, 6) is -0.473. The molecule has 0 radical (unpaired) electrons. The number of carbonyl (C=O) groups is 2. The maximum atomic E-state index is 12.3. The summed E-state index contributed by atoms with van der Waals surface area (Å²) in [6.45, 7) is 4.95. The third-order valence-electron chi connectivity index (χ3n) is 5.14. The number of urea groups is 1. The van der Waals surface area contributed by atoms with Crippen molar-refractivity contribution in [2.75, 3.05) is 25.1 Å². The molecule has 1 aromatic carbocycles. The zero-order chi connectivity index (χ0) is 23.3. The number of benzene rings is 1. The second-order valence-corrected chi connectivity index (χ2v) is 7.65. The fourth-order valence-corrected chi connectivity index (χ4v) is 3.24. The molecule has 2 rings (SSSR count). The number of aromatic nitrogens is 2. The molecule has 0 aliphatic rings. The zero-order valence-electron chi connectivity index (χ0n) is 19.2. The molecular formula is C24H34N4O4. The lowest BCUT2D eigenvalue weighted by Gasteiger charge is -2.18. The number of nitrogens with zero attached hydrogens (tertiary/aromatic N) is 3. The van der Waals surface area contributed by atoms with E-state index in [4.69, 9.17) is 4.74 Å². The van der Waals surface area contributed by atoms with Gasteiger partial charge < -0.3 is 15.2 Å². The van der Waals surface area contributed by atoms with Crippen LogP contribution in [0.25, 0.3) is 11.4 Å². The molecule has 174 valence electrons. The highest BCUT2D eigenvalue weighted by Crippen LogP contribution is 2.20. The van der Waals surface area contributed by atoms with Gasteiger partial charge in [0.05, 0.1) is 0 Å². The van der Waals surface area contributed by atoms with Gasteiger partial charge in [-0.25, -0.2) is 19.6 Å². The van der Waals surface area contributed by atoms with Gasteiger partial charge in [0, 0.05) is 50.3 Å². The van der Waals surface area contributed by atoms with Crippen LogP contribution < -0.4 is 10.2 Å². The average Bonchev–Trinajstić information content (AvgIpc) is 2.81. The highest BCUT2D eigenvalue weighted by molar-refractivity contribution is 5.91. The molecule has 0 aliphatic carbocycles. The molecule has 32 heavy (non-hydrogen) atoms. The molecule has 0 saturated carbocycles. The van der Waals surface area contributed by atoms with Gasteiger partial charge in [0.15, 0.2) is 11.9 Å². The van der Waals surface area contributed by atoms with Crippen molar-refractivity contribution in [3.05, 3.63) is 42.2 Å². The first-order valence-corrected chi connectivity index (χ1v) is 11.2. The monoisotopic (exact) mass is 442 g/mol. The average molecular weight is 443 g/mol. The first-order valence-electron chi connectivity index (χ1n) is 11.2. The number of carboxylic acids is 1. The first-order chi connectivity index (χ1) is 15.5. The SMILES string of the molecule is CCCCCCCNC(=O)N(C)c1ccc(-c2ncc(CC(OCC)C(=O)O)cn2)cc1. The second kappa shape index (κ2) is 13.4. The van der Waals surface area contributed by atoms with Crippen LogP contribution >= 0.6 is 0 Å². The van der Waals surface area contributed by atoms with Crippen molar-refractivity contribution in [3.8, 4) is 11.4 Å². The smallest absolute Gasteiger partial charge is 0.333 e. The van der Waals surface area contributed by atoms with Crippen LogP contribution in [-0.2, 0) is 16.0 Å². The number of carbonyl (C=O) groups excluding carboxylic acids is 1. The Bertz CT molecular complexity index is 840. The predicted molar refractivity (Wildman–Crippen MR) is 125 cm³/mol. The minimum absolute atomic E-state index is 0.129.